The predicted octanol–water partition coefficient (Wildman–Crippen LogP) is 2.48. The van der Waals surface area contributed by atoms with Crippen molar-refractivity contribution in [3.63, 3.8) is 0 Å². The monoisotopic (exact) mass is 284 g/mol. The molecule has 2 aromatic rings. The highest BCUT2D eigenvalue weighted by Crippen LogP contribution is 2.27. The van der Waals surface area contributed by atoms with Crippen molar-refractivity contribution in [2.75, 3.05) is 13.1 Å². The maximum absolute atomic E-state index is 12.1. The third kappa shape index (κ3) is 3.95. The van der Waals surface area contributed by atoms with Crippen molar-refractivity contribution in [3.8, 4) is 0 Å². The first-order chi connectivity index (χ1) is 10.3. The molecule has 3 rings (SSSR count). The lowest BCUT2D eigenvalue weighted by molar-refractivity contribution is -0.120. The molecule has 1 fully saturated rings. The molecule has 1 unspecified atom stereocenters. The molecule has 1 aromatic heterocycles. The molecule has 1 atom stereocenters. The van der Waals surface area contributed by atoms with Crippen LogP contribution in [0.4, 0.5) is 0 Å². The van der Waals surface area contributed by atoms with E-state index in [1.165, 1.54) is 12.8 Å². The van der Waals surface area contributed by atoms with Crippen LogP contribution < -0.4 is 10.6 Å². The van der Waals surface area contributed by atoms with Crippen molar-refractivity contribution >= 4 is 5.91 Å². The lowest BCUT2D eigenvalue weighted by Crippen LogP contribution is -2.37. The Morgan fingerprint density at radius 1 is 1.19 bits per heavy atom. The Morgan fingerprint density at radius 3 is 2.67 bits per heavy atom. The number of amides is 1. The normalized spacial score (nSPS) is 15.6. The highest BCUT2D eigenvalue weighted by molar-refractivity contribution is 5.78. The Bertz CT molecular complexity index is 562. The lowest BCUT2D eigenvalue weighted by Gasteiger charge is -2.17. The van der Waals surface area contributed by atoms with E-state index < -0.39 is 0 Å². The van der Waals surface area contributed by atoms with Gasteiger partial charge < -0.3 is 15.1 Å². The van der Waals surface area contributed by atoms with Gasteiger partial charge in [-0.25, -0.2) is 0 Å². The van der Waals surface area contributed by atoms with Gasteiger partial charge in [-0.1, -0.05) is 30.3 Å². The number of carbonyl (C=O) groups excluding carboxylic acids is 1. The van der Waals surface area contributed by atoms with Crippen LogP contribution in [-0.2, 0) is 4.79 Å². The molecule has 1 aliphatic carbocycles. The second kappa shape index (κ2) is 6.59. The van der Waals surface area contributed by atoms with Crippen molar-refractivity contribution in [1.29, 1.82) is 0 Å². The molecule has 1 aliphatic rings. The van der Waals surface area contributed by atoms with Gasteiger partial charge in [0.2, 0.25) is 5.91 Å². The number of nitrogens with one attached hydrogen (secondary N) is 2. The molecule has 4 heteroatoms. The maximum atomic E-state index is 12.1. The molecular weight excluding hydrogens is 264 g/mol. The summed E-state index contributed by atoms with van der Waals surface area (Å²) in [5.74, 6) is 1.51. The molecule has 1 heterocycles. The summed E-state index contributed by atoms with van der Waals surface area (Å²) in [6.07, 6.45) is 4.20. The van der Waals surface area contributed by atoms with Crippen LogP contribution in [0.2, 0.25) is 0 Å². The fourth-order valence-corrected chi connectivity index (χ4v) is 2.34. The fraction of sp³-hybridized carbons (Fsp3) is 0.353. The number of benzene rings is 1. The third-order valence-corrected chi connectivity index (χ3v) is 3.68. The lowest BCUT2D eigenvalue weighted by atomic mass is 10.0. The van der Waals surface area contributed by atoms with E-state index in [0.29, 0.717) is 6.54 Å². The summed E-state index contributed by atoms with van der Waals surface area (Å²) < 4.78 is 5.47. The van der Waals surface area contributed by atoms with Crippen LogP contribution in [-0.4, -0.2) is 19.0 Å². The molecule has 1 aromatic carbocycles. The van der Waals surface area contributed by atoms with E-state index in [4.69, 9.17) is 4.42 Å². The maximum Gasteiger partial charge on any atom is 0.234 e. The van der Waals surface area contributed by atoms with Crippen molar-refractivity contribution < 1.29 is 9.21 Å². The third-order valence-electron chi connectivity index (χ3n) is 3.68. The number of furan rings is 1. The summed E-state index contributed by atoms with van der Waals surface area (Å²) in [5.41, 5.74) is 1.02. The molecule has 110 valence electrons. The SMILES string of the molecule is O=C(CNCC1CC1)NC(c1ccccc1)c1ccco1. The number of hydrogen-bond acceptors (Lipinski definition) is 3. The average Bonchev–Trinajstić information content (AvgIpc) is 3.17. The van der Waals surface area contributed by atoms with Crippen LogP contribution >= 0.6 is 0 Å². The van der Waals surface area contributed by atoms with Gasteiger partial charge in [0.15, 0.2) is 0 Å². The van der Waals surface area contributed by atoms with Gasteiger partial charge >= 0.3 is 0 Å². The Balaban J connectivity index is 1.63. The highest BCUT2D eigenvalue weighted by Gasteiger charge is 2.22. The van der Waals surface area contributed by atoms with Crippen molar-refractivity contribution in [1.82, 2.24) is 10.6 Å². The second-order valence-corrected chi connectivity index (χ2v) is 5.50. The van der Waals surface area contributed by atoms with Crippen LogP contribution in [0.1, 0.15) is 30.2 Å². The van der Waals surface area contributed by atoms with Gasteiger partial charge in [0.25, 0.3) is 0 Å². The molecule has 2 N–H and O–H groups in total. The standard InChI is InChI=1S/C17H20N2O2/c20-16(12-18-11-13-8-9-13)19-17(15-7-4-10-21-15)14-5-2-1-3-6-14/h1-7,10,13,17-18H,8-9,11-12H2,(H,19,20). The van der Waals surface area contributed by atoms with Crippen LogP contribution in [0.25, 0.3) is 0 Å². The fourth-order valence-electron chi connectivity index (χ4n) is 2.34. The van der Waals surface area contributed by atoms with Gasteiger partial charge in [-0.2, -0.15) is 0 Å². The minimum atomic E-state index is -0.239. The van der Waals surface area contributed by atoms with E-state index in [0.717, 1.165) is 23.8 Å². The quantitative estimate of drug-likeness (QED) is 0.821. The molecule has 1 saturated carbocycles. The number of rotatable bonds is 7. The first kappa shape index (κ1) is 13.9. The minimum absolute atomic E-state index is 0.0131. The molecule has 0 radical (unpaired) electrons. The van der Waals surface area contributed by atoms with Crippen molar-refractivity contribution in [2.24, 2.45) is 5.92 Å². The summed E-state index contributed by atoms with van der Waals surface area (Å²) in [6.45, 7) is 1.28. The molecular formula is C17H20N2O2. The highest BCUT2D eigenvalue weighted by atomic mass is 16.3. The topological polar surface area (TPSA) is 54.3 Å². The average molecular weight is 284 g/mol. The van der Waals surface area contributed by atoms with Gasteiger partial charge in [-0.05, 0) is 43.0 Å². The molecule has 0 bridgehead atoms. The number of carbonyl (C=O) groups is 1. The molecule has 1 amide bonds. The minimum Gasteiger partial charge on any atom is -0.467 e. The molecule has 0 saturated heterocycles. The van der Waals surface area contributed by atoms with E-state index in [9.17, 15) is 4.79 Å². The summed E-state index contributed by atoms with van der Waals surface area (Å²) >= 11 is 0. The largest absolute Gasteiger partial charge is 0.467 e. The summed E-state index contributed by atoms with van der Waals surface area (Å²) in [4.78, 5) is 12.1. The summed E-state index contributed by atoms with van der Waals surface area (Å²) in [5, 5.41) is 6.24. The zero-order valence-electron chi connectivity index (χ0n) is 11.9. The molecule has 21 heavy (non-hydrogen) atoms. The Kier molecular flexibility index (Phi) is 4.36. The van der Waals surface area contributed by atoms with Gasteiger partial charge in [0, 0.05) is 0 Å². The first-order valence-corrected chi connectivity index (χ1v) is 7.41. The second-order valence-electron chi connectivity index (χ2n) is 5.50. The van der Waals surface area contributed by atoms with Crippen LogP contribution in [0.5, 0.6) is 0 Å². The van der Waals surface area contributed by atoms with E-state index in [1.807, 2.05) is 42.5 Å². The molecule has 4 nitrogen and oxygen atoms in total. The Hall–Kier alpha value is -2.07. The zero-order valence-corrected chi connectivity index (χ0v) is 11.9. The van der Waals surface area contributed by atoms with E-state index in [1.54, 1.807) is 6.26 Å². The smallest absolute Gasteiger partial charge is 0.234 e. The van der Waals surface area contributed by atoms with Crippen LogP contribution in [0.15, 0.2) is 53.1 Å². The Labute approximate surface area is 124 Å². The van der Waals surface area contributed by atoms with Crippen LogP contribution in [0.3, 0.4) is 0 Å². The van der Waals surface area contributed by atoms with E-state index in [2.05, 4.69) is 10.6 Å². The zero-order chi connectivity index (χ0) is 14.5. The predicted molar refractivity (Wildman–Crippen MR) is 80.7 cm³/mol. The van der Waals surface area contributed by atoms with Crippen molar-refractivity contribution in [2.45, 2.75) is 18.9 Å². The van der Waals surface area contributed by atoms with Gasteiger partial charge in [-0.15, -0.1) is 0 Å². The van der Waals surface area contributed by atoms with Crippen LogP contribution in [0, 0.1) is 5.92 Å². The molecule has 0 aliphatic heterocycles. The Morgan fingerprint density at radius 2 is 2.00 bits per heavy atom. The van der Waals surface area contributed by atoms with Gasteiger partial charge in [0.05, 0.1) is 12.8 Å². The first-order valence-electron chi connectivity index (χ1n) is 7.41. The number of hydrogen-bond donors (Lipinski definition) is 2. The van der Waals surface area contributed by atoms with Gasteiger partial charge in [-0.3, -0.25) is 4.79 Å². The summed E-state index contributed by atoms with van der Waals surface area (Å²) in [7, 11) is 0. The summed E-state index contributed by atoms with van der Waals surface area (Å²) in [6, 6.07) is 13.3. The van der Waals surface area contributed by atoms with E-state index in [-0.39, 0.29) is 11.9 Å². The van der Waals surface area contributed by atoms with E-state index >= 15 is 0 Å². The molecule has 0 spiro atoms. The van der Waals surface area contributed by atoms with Gasteiger partial charge in [0.1, 0.15) is 11.8 Å². The van der Waals surface area contributed by atoms with Crippen molar-refractivity contribution in [3.05, 3.63) is 60.1 Å².